The van der Waals surface area contributed by atoms with Crippen LogP contribution >= 0.6 is 11.8 Å². The fraction of sp³-hybridized carbons (Fsp3) is 0.118. The Kier molecular flexibility index (Phi) is 3.88. The lowest BCUT2D eigenvalue weighted by Gasteiger charge is -2.06. The maximum Gasteiger partial charge on any atom is 0.150 e. The van der Waals surface area contributed by atoms with Crippen LogP contribution in [-0.4, -0.2) is 16.6 Å². The molecule has 0 bridgehead atoms. The summed E-state index contributed by atoms with van der Waals surface area (Å²) in [6.45, 7) is 0.936. The van der Waals surface area contributed by atoms with Crippen LogP contribution in [0.1, 0.15) is 10.4 Å². The van der Waals surface area contributed by atoms with Crippen molar-refractivity contribution in [3.8, 4) is 0 Å². The smallest absolute Gasteiger partial charge is 0.150 e. The first kappa shape index (κ1) is 13.0. The SMILES string of the molecule is O=Cc1ccc2ccn(CCSc3ccccc3)c2c1. The number of nitrogens with zero attached hydrogens (tertiary/aromatic N) is 1. The van der Waals surface area contributed by atoms with Crippen LogP contribution in [0.4, 0.5) is 0 Å². The number of aldehydes is 1. The predicted octanol–water partition coefficient (Wildman–Crippen LogP) is 4.25. The number of rotatable bonds is 5. The van der Waals surface area contributed by atoms with Gasteiger partial charge in [-0.1, -0.05) is 30.3 Å². The molecule has 0 saturated carbocycles. The Labute approximate surface area is 122 Å². The molecule has 2 aromatic carbocycles. The number of hydrogen-bond acceptors (Lipinski definition) is 2. The van der Waals surface area contributed by atoms with Gasteiger partial charge in [-0.15, -0.1) is 11.8 Å². The average Bonchev–Trinajstić information content (AvgIpc) is 2.91. The third kappa shape index (κ3) is 2.78. The standard InChI is InChI=1S/C17H15NOS/c19-13-14-6-7-15-8-9-18(17(15)12-14)10-11-20-16-4-2-1-3-5-16/h1-9,12-13H,10-11H2. The van der Waals surface area contributed by atoms with Crippen LogP contribution in [0.5, 0.6) is 0 Å². The zero-order valence-corrected chi connectivity index (χ0v) is 11.8. The normalized spacial score (nSPS) is 10.8. The summed E-state index contributed by atoms with van der Waals surface area (Å²) in [7, 11) is 0. The highest BCUT2D eigenvalue weighted by Gasteiger charge is 2.02. The van der Waals surface area contributed by atoms with Gasteiger partial charge in [0.05, 0.1) is 0 Å². The Morgan fingerprint density at radius 2 is 1.90 bits per heavy atom. The van der Waals surface area contributed by atoms with Gasteiger partial charge in [-0.25, -0.2) is 0 Å². The molecule has 0 atom stereocenters. The number of hydrogen-bond donors (Lipinski definition) is 0. The quantitative estimate of drug-likeness (QED) is 0.515. The van der Waals surface area contributed by atoms with Crippen molar-refractivity contribution in [2.24, 2.45) is 0 Å². The topological polar surface area (TPSA) is 22.0 Å². The lowest BCUT2D eigenvalue weighted by molar-refractivity contribution is 0.112. The molecule has 0 aliphatic rings. The maximum atomic E-state index is 10.9. The second-order valence-corrected chi connectivity index (χ2v) is 5.78. The van der Waals surface area contributed by atoms with Gasteiger partial charge >= 0.3 is 0 Å². The van der Waals surface area contributed by atoms with Gasteiger partial charge in [0.2, 0.25) is 0 Å². The number of aromatic nitrogens is 1. The third-order valence-electron chi connectivity index (χ3n) is 3.28. The van der Waals surface area contributed by atoms with Gasteiger partial charge in [-0.3, -0.25) is 4.79 Å². The van der Waals surface area contributed by atoms with E-state index in [9.17, 15) is 4.79 Å². The molecule has 20 heavy (non-hydrogen) atoms. The lowest BCUT2D eigenvalue weighted by atomic mass is 10.2. The number of carbonyl (C=O) groups excluding carboxylic acids is 1. The summed E-state index contributed by atoms with van der Waals surface area (Å²) >= 11 is 1.85. The van der Waals surface area contributed by atoms with Crippen LogP contribution in [0, 0.1) is 0 Å². The molecule has 100 valence electrons. The molecule has 3 heteroatoms. The van der Waals surface area contributed by atoms with E-state index in [1.807, 2.05) is 36.0 Å². The molecule has 0 aliphatic heterocycles. The van der Waals surface area contributed by atoms with Crippen LogP contribution < -0.4 is 0 Å². The summed E-state index contributed by atoms with van der Waals surface area (Å²) in [6, 6.07) is 18.3. The van der Waals surface area contributed by atoms with Crippen molar-refractivity contribution in [1.82, 2.24) is 4.57 Å². The minimum absolute atomic E-state index is 0.730. The van der Waals surface area contributed by atoms with Crippen molar-refractivity contribution < 1.29 is 4.79 Å². The Morgan fingerprint density at radius 3 is 2.70 bits per heavy atom. The highest BCUT2D eigenvalue weighted by atomic mass is 32.2. The van der Waals surface area contributed by atoms with Crippen LogP contribution in [0.25, 0.3) is 10.9 Å². The van der Waals surface area contributed by atoms with E-state index < -0.39 is 0 Å². The molecule has 0 spiro atoms. The fourth-order valence-corrected chi connectivity index (χ4v) is 3.12. The number of fused-ring (bicyclic) bond motifs is 1. The molecule has 1 aromatic heterocycles. The first-order valence-corrected chi connectivity index (χ1v) is 7.57. The fourth-order valence-electron chi connectivity index (χ4n) is 2.25. The van der Waals surface area contributed by atoms with Crippen LogP contribution in [0.3, 0.4) is 0 Å². The van der Waals surface area contributed by atoms with Gasteiger partial charge in [0, 0.05) is 34.5 Å². The first-order valence-electron chi connectivity index (χ1n) is 6.59. The van der Waals surface area contributed by atoms with E-state index >= 15 is 0 Å². The van der Waals surface area contributed by atoms with Gasteiger partial charge in [-0.05, 0) is 29.7 Å². The van der Waals surface area contributed by atoms with E-state index in [0.717, 1.165) is 29.7 Å². The Morgan fingerprint density at radius 1 is 1.05 bits per heavy atom. The minimum atomic E-state index is 0.730. The second kappa shape index (κ2) is 5.97. The zero-order chi connectivity index (χ0) is 13.8. The summed E-state index contributed by atoms with van der Waals surface area (Å²) in [5.74, 6) is 1.01. The highest BCUT2D eigenvalue weighted by Crippen LogP contribution is 2.20. The Hall–Kier alpha value is -2.00. The summed E-state index contributed by atoms with van der Waals surface area (Å²) in [5, 5.41) is 1.18. The van der Waals surface area contributed by atoms with Crippen molar-refractivity contribution in [2.75, 3.05) is 5.75 Å². The van der Waals surface area contributed by atoms with Crippen molar-refractivity contribution in [3.05, 3.63) is 66.4 Å². The minimum Gasteiger partial charge on any atom is -0.347 e. The van der Waals surface area contributed by atoms with E-state index in [0.29, 0.717) is 0 Å². The number of thioether (sulfide) groups is 1. The Balaban J connectivity index is 1.72. The third-order valence-corrected chi connectivity index (χ3v) is 4.27. The van der Waals surface area contributed by atoms with Gasteiger partial charge < -0.3 is 4.57 Å². The largest absolute Gasteiger partial charge is 0.347 e. The molecule has 3 aromatic rings. The molecule has 2 nitrogen and oxygen atoms in total. The van der Waals surface area contributed by atoms with Crippen LogP contribution in [0.2, 0.25) is 0 Å². The summed E-state index contributed by atoms with van der Waals surface area (Å²) in [4.78, 5) is 12.2. The van der Waals surface area contributed by atoms with Crippen molar-refractivity contribution in [1.29, 1.82) is 0 Å². The van der Waals surface area contributed by atoms with Gasteiger partial charge in [-0.2, -0.15) is 0 Å². The lowest BCUT2D eigenvalue weighted by Crippen LogP contribution is -1.98. The molecule has 0 amide bonds. The second-order valence-electron chi connectivity index (χ2n) is 4.61. The van der Waals surface area contributed by atoms with Crippen LogP contribution in [-0.2, 0) is 6.54 Å². The number of aryl methyl sites for hydroxylation is 1. The van der Waals surface area contributed by atoms with E-state index in [-0.39, 0.29) is 0 Å². The summed E-state index contributed by atoms with van der Waals surface area (Å²) in [6.07, 6.45) is 2.99. The summed E-state index contributed by atoms with van der Waals surface area (Å²) < 4.78 is 2.21. The maximum absolute atomic E-state index is 10.9. The number of benzene rings is 2. The van der Waals surface area contributed by atoms with Gasteiger partial charge in [0.1, 0.15) is 6.29 Å². The molecule has 0 N–H and O–H groups in total. The molecule has 1 heterocycles. The molecule has 0 saturated heterocycles. The van der Waals surface area contributed by atoms with Gasteiger partial charge in [0.15, 0.2) is 0 Å². The van der Waals surface area contributed by atoms with Crippen LogP contribution in [0.15, 0.2) is 65.7 Å². The van der Waals surface area contributed by atoms with E-state index in [2.05, 4.69) is 41.1 Å². The molecular weight excluding hydrogens is 266 g/mol. The van der Waals surface area contributed by atoms with Crippen molar-refractivity contribution in [3.63, 3.8) is 0 Å². The van der Waals surface area contributed by atoms with E-state index in [4.69, 9.17) is 0 Å². The molecule has 0 fully saturated rings. The van der Waals surface area contributed by atoms with E-state index in [1.54, 1.807) is 0 Å². The first-order chi connectivity index (χ1) is 9.86. The monoisotopic (exact) mass is 281 g/mol. The van der Waals surface area contributed by atoms with Crippen molar-refractivity contribution in [2.45, 2.75) is 11.4 Å². The average molecular weight is 281 g/mol. The summed E-state index contributed by atoms with van der Waals surface area (Å²) in [5.41, 5.74) is 1.86. The van der Waals surface area contributed by atoms with Gasteiger partial charge in [0.25, 0.3) is 0 Å². The Bertz CT molecular complexity index is 718. The molecule has 3 rings (SSSR count). The van der Waals surface area contributed by atoms with Crippen molar-refractivity contribution >= 4 is 29.0 Å². The number of carbonyl (C=O) groups is 1. The molecular formula is C17H15NOS. The molecule has 0 radical (unpaired) electrons. The molecule has 0 aliphatic carbocycles. The highest BCUT2D eigenvalue weighted by molar-refractivity contribution is 7.99. The zero-order valence-electron chi connectivity index (χ0n) is 11.0. The predicted molar refractivity (Wildman–Crippen MR) is 84.5 cm³/mol. The molecule has 0 unspecified atom stereocenters. The van der Waals surface area contributed by atoms with E-state index in [1.165, 1.54) is 10.3 Å².